The van der Waals surface area contributed by atoms with E-state index in [2.05, 4.69) is 50.9 Å². The van der Waals surface area contributed by atoms with E-state index in [1.165, 1.54) is 18.4 Å². The van der Waals surface area contributed by atoms with Gasteiger partial charge in [0.1, 0.15) is 5.82 Å². The molecule has 0 aliphatic heterocycles. The first kappa shape index (κ1) is 17.3. The van der Waals surface area contributed by atoms with E-state index in [1.807, 2.05) is 37.2 Å². The van der Waals surface area contributed by atoms with Gasteiger partial charge >= 0.3 is 0 Å². The second-order valence-corrected chi connectivity index (χ2v) is 6.81. The highest BCUT2D eigenvalue weighted by Crippen LogP contribution is 2.47. The number of nitrogens with one attached hydrogen (secondary N) is 2. The molecule has 1 fully saturated rings. The molecule has 1 saturated carbocycles. The minimum absolute atomic E-state index is 0.266. The number of rotatable bonds is 6. The fourth-order valence-electron chi connectivity index (χ4n) is 2.97. The summed E-state index contributed by atoms with van der Waals surface area (Å²) in [6.07, 6.45) is 2.46. The molecule has 0 amide bonds. The van der Waals surface area contributed by atoms with Gasteiger partial charge < -0.3 is 15.5 Å². The van der Waals surface area contributed by atoms with E-state index >= 15 is 0 Å². The van der Waals surface area contributed by atoms with Crippen LogP contribution in [0.2, 0.25) is 0 Å². The molecule has 1 heterocycles. The highest BCUT2D eigenvalue weighted by atomic mass is 15.2. The summed E-state index contributed by atoms with van der Waals surface area (Å²) in [7, 11) is 5.80. The predicted octanol–water partition coefficient (Wildman–Crippen LogP) is 2.54. The van der Waals surface area contributed by atoms with Crippen molar-refractivity contribution in [2.45, 2.75) is 24.8 Å². The second-order valence-electron chi connectivity index (χ2n) is 6.81. The number of anilines is 1. The van der Waals surface area contributed by atoms with Crippen LogP contribution in [-0.4, -0.2) is 38.6 Å². The van der Waals surface area contributed by atoms with E-state index < -0.39 is 0 Å². The van der Waals surface area contributed by atoms with Crippen LogP contribution in [-0.2, 0) is 12.0 Å². The summed E-state index contributed by atoms with van der Waals surface area (Å²) in [5.74, 6) is 1.78. The van der Waals surface area contributed by atoms with Gasteiger partial charge in [0.2, 0.25) is 0 Å². The van der Waals surface area contributed by atoms with Crippen LogP contribution in [0.5, 0.6) is 0 Å². The van der Waals surface area contributed by atoms with Crippen molar-refractivity contribution in [1.82, 2.24) is 15.6 Å². The van der Waals surface area contributed by atoms with Crippen LogP contribution >= 0.6 is 0 Å². The van der Waals surface area contributed by atoms with Gasteiger partial charge in [-0.05, 0) is 30.5 Å². The fraction of sp³-hybridized carbons (Fsp3) is 0.400. The van der Waals surface area contributed by atoms with Crippen molar-refractivity contribution in [3.8, 4) is 0 Å². The van der Waals surface area contributed by atoms with Crippen molar-refractivity contribution in [3.63, 3.8) is 0 Å². The van der Waals surface area contributed by atoms with E-state index in [0.29, 0.717) is 6.54 Å². The molecule has 5 nitrogen and oxygen atoms in total. The summed E-state index contributed by atoms with van der Waals surface area (Å²) < 4.78 is 0. The van der Waals surface area contributed by atoms with E-state index in [4.69, 9.17) is 0 Å². The SMILES string of the molecule is CN=C(NCc1cccc(N(C)C)n1)NCC1(c2ccccc2)CC1. The normalized spacial score (nSPS) is 15.6. The smallest absolute Gasteiger partial charge is 0.191 e. The average molecular weight is 337 g/mol. The quantitative estimate of drug-likeness (QED) is 0.628. The van der Waals surface area contributed by atoms with Gasteiger partial charge in [-0.3, -0.25) is 4.99 Å². The van der Waals surface area contributed by atoms with Crippen molar-refractivity contribution in [2.75, 3.05) is 32.6 Å². The van der Waals surface area contributed by atoms with Gasteiger partial charge in [-0.25, -0.2) is 4.98 Å². The number of aromatic nitrogens is 1. The van der Waals surface area contributed by atoms with Gasteiger partial charge in [-0.1, -0.05) is 36.4 Å². The molecule has 0 spiro atoms. The Morgan fingerprint density at radius 2 is 1.84 bits per heavy atom. The van der Waals surface area contributed by atoms with Crippen molar-refractivity contribution in [1.29, 1.82) is 0 Å². The van der Waals surface area contributed by atoms with Crippen molar-refractivity contribution >= 4 is 11.8 Å². The van der Waals surface area contributed by atoms with Crippen LogP contribution in [0.15, 0.2) is 53.5 Å². The van der Waals surface area contributed by atoms with Crippen LogP contribution < -0.4 is 15.5 Å². The van der Waals surface area contributed by atoms with Crippen molar-refractivity contribution in [2.24, 2.45) is 4.99 Å². The molecule has 25 heavy (non-hydrogen) atoms. The first-order valence-corrected chi connectivity index (χ1v) is 8.76. The lowest BCUT2D eigenvalue weighted by atomic mass is 9.96. The Labute approximate surface area is 150 Å². The zero-order valence-corrected chi connectivity index (χ0v) is 15.3. The van der Waals surface area contributed by atoms with Gasteiger partial charge in [0.15, 0.2) is 5.96 Å². The highest BCUT2D eigenvalue weighted by Gasteiger charge is 2.43. The zero-order valence-electron chi connectivity index (χ0n) is 15.3. The minimum Gasteiger partial charge on any atom is -0.363 e. The summed E-state index contributed by atoms with van der Waals surface area (Å²) in [6.45, 7) is 1.56. The van der Waals surface area contributed by atoms with Crippen molar-refractivity contribution in [3.05, 3.63) is 59.8 Å². The summed E-state index contributed by atoms with van der Waals surface area (Å²) in [5.41, 5.74) is 2.68. The summed E-state index contributed by atoms with van der Waals surface area (Å²) in [4.78, 5) is 11.0. The number of nitrogens with zero attached hydrogens (tertiary/aromatic N) is 3. The molecular formula is C20H27N5. The third-order valence-electron chi connectivity index (χ3n) is 4.74. The van der Waals surface area contributed by atoms with Crippen LogP contribution in [0, 0.1) is 0 Å². The van der Waals surface area contributed by atoms with Crippen LogP contribution in [0.25, 0.3) is 0 Å². The Kier molecular flexibility index (Phi) is 5.22. The number of hydrogen-bond donors (Lipinski definition) is 2. The second kappa shape index (κ2) is 7.55. The predicted molar refractivity (Wildman–Crippen MR) is 104 cm³/mol. The van der Waals surface area contributed by atoms with E-state index in [0.717, 1.165) is 24.0 Å². The molecule has 0 unspecified atom stereocenters. The van der Waals surface area contributed by atoms with Gasteiger partial charge in [-0.2, -0.15) is 0 Å². The molecule has 1 aliphatic carbocycles. The standard InChI is InChI=1S/C20H27N5/c1-21-19(22-14-17-10-7-11-18(24-17)25(2)3)23-15-20(12-13-20)16-8-5-4-6-9-16/h4-11H,12-15H2,1-3H3,(H2,21,22,23). The maximum absolute atomic E-state index is 4.63. The van der Waals surface area contributed by atoms with Crippen LogP contribution in [0.3, 0.4) is 0 Å². The van der Waals surface area contributed by atoms with Gasteiger partial charge in [0.25, 0.3) is 0 Å². The Morgan fingerprint density at radius 1 is 1.08 bits per heavy atom. The molecular weight excluding hydrogens is 310 g/mol. The highest BCUT2D eigenvalue weighted by molar-refractivity contribution is 5.79. The lowest BCUT2D eigenvalue weighted by molar-refractivity contribution is 0.644. The first-order valence-electron chi connectivity index (χ1n) is 8.76. The van der Waals surface area contributed by atoms with E-state index in [1.54, 1.807) is 7.05 Å². The molecule has 0 saturated heterocycles. The number of benzene rings is 1. The first-order chi connectivity index (χ1) is 12.1. The molecule has 0 atom stereocenters. The number of guanidine groups is 1. The third-order valence-corrected chi connectivity index (χ3v) is 4.74. The molecule has 132 valence electrons. The summed E-state index contributed by atoms with van der Waals surface area (Å²) in [6, 6.07) is 16.8. The lowest BCUT2D eigenvalue weighted by Gasteiger charge is -2.19. The van der Waals surface area contributed by atoms with E-state index in [-0.39, 0.29) is 5.41 Å². The minimum atomic E-state index is 0.266. The van der Waals surface area contributed by atoms with Crippen molar-refractivity contribution < 1.29 is 0 Å². The third kappa shape index (κ3) is 4.29. The monoisotopic (exact) mass is 337 g/mol. The molecule has 1 aliphatic rings. The van der Waals surface area contributed by atoms with Crippen LogP contribution in [0.4, 0.5) is 5.82 Å². The number of pyridine rings is 1. The summed E-state index contributed by atoms with van der Waals surface area (Å²) in [5, 5.41) is 6.84. The van der Waals surface area contributed by atoms with Gasteiger partial charge in [0, 0.05) is 33.1 Å². The molecule has 2 aromatic rings. The topological polar surface area (TPSA) is 52.6 Å². The zero-order chi connectivity index (χ0) is 17.7. The molecule has 2 N–H and O–H groups in total. The largest absolute Gasteiger partial charge is 0.363 e. The summed E-state index contributed by atoms with van der Waals surface area (Å²) >= 11 is 0. The molecule has 1 aromatic carbocycles. The lowest BCUT2D eigenvalue weighted by Crippen LogP contribution is -2.41. The molecule has 0 bridgehead atoms. The van der Waals surface area contributed by atoms with Gasteiger partial charge in [0.05, 0.1) is 12.2 Å². The molecule has 0 radical (unpaired) electrons. The maximum atomic E-state index is 4.63. The number of aliphatic imine (C=N–C) groups is 1. The molecule has 5 heteroatoms. The Hall–Kier alpha value is -2.56. The van der Waals surface area contributed by atoms with Crippen LogP contribution in [0.1, 0.15) is 24.1 Å². The molecule has 3 rings (SSSR count). The average Bonchev–Trinajstić information content (AvgIpc) is 3.44. The Morgan fingerprint density at radius 3 is 2.48 bits per heavy atom. The Bertz CT molecular complexity index is 720. The Balaban J connectivity index is 1.55. The molecule has 1 aromatic heterocycles. The van der Waals surface area contributed by atoms with Gasteiger partial charge in [-0.15, -0.1) is 0 Å². The maximum Gasteiger partial charge on any atom is 0.191 e. The number of hydrogen-bond acceptors (Lipinski definition) is 3. The fourth-order valence-corrected chi connectivity index (χ4v) is 2.97. The van der Waals surface area contributed by atoms with E-state index in [9.17, 15) is 0 Å².